The maximum absolute atomic E-state index is 13.3. The molecule has 1 atom stereocenters. The molecule has 0 saturated heterocycles. The molecule has 80 valence electrons. The number of hydrogen-bond acceptors (Lipinski definition) is 2. The predicted molar refractivity (Wildman–Crippen MR) is 63.8 cm³/mol. The van der Waals surface area contributed by atoms with Crippen LogP contribution in [0.15, 0.2) is 18.2 Å². The Morgan fingerprint density at radius 3 is 2.73 bits per heavy atom. The minimum atomic E-state index is -0.820. The monoisotopic (exact) mass is 319 g/mol. The van der Waals surface area contributed by atoms with Crippen LogP contribution < -0.4 is 0 Å². The number of hydrogen-bond donors (Lipinski definition) is 1. The zero-order chi connectivity index (χ0) is 11.5. The van der Waals surface area contributed by atoms with Crippen LogP contribution in [0.2, 0.25) is 0 Å². The summed E-state index contributed by atoms with van der Waals surface area (Å²) in [5, 5.41) is 17.9. The summed E-state index contributed by atoms with van der Waals surface area (Å²) >= 11 is 1.90. The summed E-state index contributed by atoms with van der Waals surface area (Å²) in [5.74, 6) is -0.326. The molecule has 0 heterocycles. The van der Waals surface area contributed by atoms with Crippen LogP contribution in [0.1, 0.15) is 18.9 Å². The summed E-state index contributed by atoms with van der Waals surface area (Å²) in [5.41, 5.74) is -0.211. The van der Waals surface area contributed by atoms with E-state index in [9.17, 15) is 4.39 Å². The van der Waals surface area contributed by atoms with E-state index in [2.05, 4.69) is 6.07 Å². The van der Waals surface area contributed by atoms with E-state index >= 15 is 0 Å². The van der Waals surface area contributed by atoms with E-state index in [4.69, 9.17) is 10.4 Å². The van der Waals surface area contributed by atoms with Crippen molar-refractivity contribution in [1.29, 1.82) is 5.26 Å². The van der Waals surface area contributed by atoms with Gasteiger partial charge >= 0.3 is 0 Å². The molecular weight excluding hydrogens is 308 g/mol. The lowest BCUT2D eigenvalue weighted by atomic mass is 9.81. The van der Waals surface area contributed by atoms with Crippen LogP contribution in [0, 0.1) is 20.7 Å². The lowest BCUT2D eigenvalue weighted by molar-refractivity contribution is 0.263. The highest BCUT2D eigenvalue weighted by atomic mass is 127. The quantitative estimate of drug-likeness (QED) is 0.871. The number of benzene rings is 1. The summed E-state index contributed by atoms with van der Waals surface area (Å²) in [7, 11) is 0. The van der Waals surface area contributed by atoms with Crippen LogP contribution in [0.4, 0.5) is 4.39 Å². The van der Waals surface area contributed by atoms with E-state index in [0.29, 0.717) is 15.6 Å². The Balaban J connectivity index is 3.14. The molecule has 0 radical (unpaired) electrons. The smallest absolute Gasteiger partial charge is 0.136 e. The number of nitriles is 1. The fourth-order valence-electron chi connectivity index (χ4n) is 1.33. The minimum absolute atomic E-state index is 0.0856. The number of aliphatic hydroxyl groups excluding tert-OH is 1. The Bertz CT molecular complexity index is 402. The van der Waals surface area contributed by atoms with E-state index < -0.39 is 5.41 Å². The van der Waals surface area contributed by atoms with Gasteiger partial charge in [0.2, 0.25) is 0 Å². The molecule has 1 aromatic rings. The van der Waals surface area contributed by atoms with Crippen LogP contribution in [-0.2, 0) is 5.41 Å². The van der Waals surface area contributed by atoms with Crippen LogP contribution in [0.5, 0.6) is 0 Å². The second-order valence-electron chi connectivity index (χ2n) is 3.55. The van der Waals surface area contributed by atoms with Crippen molar-refractivity contribution in [2.75, 3.05) is 6.61 Å². The maximum atomic E-state index is 13.3. The first-order valence-electron chi connectivity index (χ1n) is 4.51. The third kappa shape index (κ3) is 2.67. The summed E-state index contributed by atoms with van der Waals surface area (Å²) in [6.07, 6.45) is 0.309. The molecule has 0 aromatic heterocycles. The van der Waals surface area contributed by atoms with Crippen molar-refractivity contribution in [3.63, 3.8) is 0 Å². The molecule has 2 nitrogen and oxygen atoms in total. The molecule has 1 N–H and O–H groups in total. The van der Waals surface area contributed by atoms with Gasteiger partial charge in [-0.25, -0.2) is 4.39 Å². The molecular formula is C11H11FINO. The molecule has 0 spiro atoms. The van der Waals surface area contributed by atoms with Gasteiger partial charge in [-0.2, -0.15) is 5.26 Å². The van der Waals surface area contributed by atoms with Gasteiger partial charge < -0.3 is 5.11 Å². The van der Waals surface area contributed by atoms with E-state index in [-0.39, 0.29) is 12.4 Å². The van der Waals surface area contributed by atoms with Gasteiger partial charge in [-0.3, -0.25) is 0 Å². The number of halogens is 2. The highest BCUT2D eigenvalue weighted by molar-refractivity contribution is 14.1. The standard InChI is InChI=1S/C11H11FINO/c1-11(7-14,4-5-15)8-2-3-10(13)9(12)6-8/h2-3,6,15H,4-5H2,1H3. The molecule has 0 aliphatic rings. The topological polar surface area (TPSA) is 44.0 Å². The Labute approximate surface area is 102 Å². The van der Waals surface area contributed by atoms with Crippen molar-refractivity contribution in [1.82, 2.24) is 0 Å². The molecule has 0 bridgehead atoms. The normalized spacial score (nSPS) is 14.3. The van der Waals surface area contributed by atoms with Gasteiger partial charge in [0.15, 0.2) is 0 Å². The van der Waals surface area contributed by atoms with E-state index in [1.54, 1.807) is 19.1 Å². The van der Waals surface area contributed by atoms with Crippen molar-refractivity contribution in [3.05, 3.63) is 33.1 Å². The summed E-state index contributed by atoms with van der Waals surface area (Å²) in [4.78, 5) is 0. The summed E-state index contributed by atoms with van der Waals surface area (Å²) < 4.78 is 13.8. The Hall–Kier alpha value is -0.670. The van der Waals surface area contributed by atoms with Crippen LogP contribution in [0.3, 0.4) is 0 Å². The van der Waals surface area contributed by atoms with Gasteiger partial charge in [0.1, 0.15) is 5.82 Å². The Kier molecular flexibility index (Phi) is 4.05. The SMILES string of the molecule is CC(C#N)(CCO)c1ccc(I)c(F)c1. The first-order chi connectivity index (χ1) is 7.03. The van der Waals surface area contributed by atoms with E-state index in [1.807, 2.05) is 22.6 Å². The predicted octanol–water partition coefficient (Wildman–Crippen LogP) is 2.59. The average Bonchev–Trinajstić information content (AvgIpc) is 2.22. The van der Waals surface area contributed by atoms with E-state index in [1.165, 1.54) is 6.07 Å². The van der Waals surface area contributed by atoms with Gasteiger partial charge in [-0.1, -0.05) is 6.07 Å². The van der Waals surface area contributed by atoms with Crippen molar-refractivity contribution in [2.45, 2.75) is 18.8 Å². The third-order valence-electron chi connectivity index (χ3n) is 2.42. The second-order valence-corrected chi connectivity index (χ2v) is 4.71. The lowest BCUT2D eigenvalue weighted by Gasteiger charge is -2.21. The molecule has 0 aliphatic heterocycles. The molecule has 1 unspecified atom stereocenters. The number of rotatable bonds is 3. The van der Waals surface area contributed by atoms with Crippen molar-refractivity contribution < 1.29 is 9.50 Å². The van der Waals surface area contributed by atoms with Gasteiger partial charge in [0, 0.05) is 10.2 Å². The van der Waals surface area contributed by atoms with Crippen molar-refractivity contribution in [3.8, 4) is 6.07 Å². The summed E-state index contributed by atoms with van der Waals surface area (Å²) in [6, 6.07) is 6.84. The van der Waals surface area contributed by atoms with Crippen molar-refractivity contribution in [2.24, 2.45) is 0 Å². The number of aliphatic hydroxyl groups is 1. The Morgan fingerprint density at radius 2 is 2.27 bits per heavy atom. The van der Waals surface area contributed by atoms with Gasteiger partial charge in [0.25, 0.3) is 0 Å². The zero-order valence-electron chi connectivity index (χ0n) is 8.30. The lowest BCUT2D eigenvalue weighted by Crippen LogP contribution is -2.21. The molecule has 0 aliphatic carbocycles. The largest absolute Gasteiger partial charge is 0.396 e. The molecule has 4 heteroatoms. The van der Waals surface area contributed by atoms with Crippen LogP contribution in [0.25, 0.3) is 0 Å². The molecule has 15 heavy (non-hydrogen) atoms. The highest BCUT2D eigenvalue weighted by Gasteiger charge is 2.26. The first kappa shape index (κ1) is 12.4. The highest BCUT2D eigenvalue weighted by Crippen LogP contribution is 2.28. The Morgan fingerprint density at radius 1 is 1.60 bits per heavy atom. The third-order valence-corrected chi connectivity index (χ3v) is 3.29. The van der Waals surface area contributed by atoms with Crippen LogP contribution in [-0.4, -0.2) is 11.7 Å². The minimum Gasteiger partial charge on any atom is -0.396 e. The van der Waals surface area contributed by atoms with Gasteiger partial charge in [-0.15, -0.1) is 0 Å². The van der Waals surface area contributed by atoms with Crippen molar-refractivity contribution >= 4 is 22.6 Å². The average molecular weight is 319 g/mol. The fraction of sp³-hybridized carbons (Fsp3) is 0.364. The van der Waals surface area contributed by atoms with Gasteiger partial charge in [0.05, 0.1) is 11.5 Å². The van der Waals surface area contributed by atoms with E-state index in [0.717, 1.165) is 0 Å². The second kappa shape index (κ2) is 4.90. The molecule has 1 aromatic carbocycles. The maximum Gasteiger partial charge on any atom is 0.136 e. The zero-order valence-corrected chi connectivity index (χ0v) is 10.5. The molecule has 0 saturated carbocycles. The van der Waals surface area contributed by atoms with Gasteiger partial charge in [-0.05, 0) is 53.6 Å². The van der Waals surface area contributed by atoms with Crippen LogP contribution >= 0.6 is 22.6 Å². The molecule has 1 rings (SSSR count). The fourth-order valence-corrected chi connectivity index (χ4v) is 1.66. The number of nitrogens with zero attached hydrogens (tertiary/aromatic N) is 1. The summed E-state index contributed by atoms with van der Waals surface area (Å²) in [6.45, 7) is 1.61. The molecule has 0 fully saturated rings. The first-order valence-corrected chi connectivity index (χ1v) is 5.59. The molecule has 0 amide bonds.